The average molecular weight is 263 g/mol. The van der Waals surface area contributed by atoms with Crippen LogP contribution in [0.5, 0.6) is 5.75 Å². The molecule has 1 heterocycles. The zero-order valence-electron chi connectivity index (χ0n) is 8.88. The van der Waals surface area contributed by atoms with Gasteiger partial charge in [-0.3, -0.25) is 4.79 Å². The van der Waals surface area contributed by atoms with E-state index in [2.05, 4.69) is 10.1 Å². The summed E-state index contributed by atoms with van der Waals surface area (Å²) in [5.41, 5.74) is 0.928. The Morgan fingerprint density at radius 2 is 2.31 bits per heavy atom. The molecule has 1 unspecified atom stereocenters. The van der Waals surface area contributed by atoms with E-state index in [-0.39, 0.29) is 29.1 Å². The van der Waals surface area contributed by atoms with Crippen LogP contribution < -0.4 is 10.1 Å². The molecule has 1 aliphatic rings. The van der Waals surface area contributed by atoms with Gasteiger partial charge in [-0.05, 0) is 12.1 Å². The van der Waals surface area contributed by atoms with Gasteiger partial charge in [-0.15, -0.1) is 0 Å². The molecule has 0 saturated heterocycles. The minimum Gasteiger partial charge on any atom is -0.489 e. The van der Waals surface area contributed by atoms with Gasteiger partial charge in [0.1, 0.15) is 12.4 Å². The number of ether oxygens (including phenoxy) is 2. The Labute approximate surface area is 105 Å². The smallest absolute Gasteiger partial charge is 0.307 e. The first-order valence-corrected chi connectivity index (χ1v) is 4.85. The first kappa shape index (κ1) is 12.9. The molecule has 2 rings (SSSR count). The fraction of sp³-hybridized carbons (Fsp3) is 0.364. The van der Waals surface area contributed by atoms with E-state index in [1.165, 1.54) is 7.11 Å². The molecule has 0 fully saturated rings. The third-order valence-electron chi connectivity index (χ3n) is 2.33. The van der Waals surface area contributed by atoms with E-state index in [1.807, 2.05) is 24.3 Å². The number of carbonyl (C=O) groups is 1. The Morgan fingerprint density at radius 3 is 3.06 bits per heavy atom. The molecule has 0 aromatic heterocycles. The van der Waals surface area contributed by atoms with E-state index in [4.69, 9.17) is 4.74 Å². The number of fused-ring (bicyclic) bond motifs is 1. The van der Waals surface area contributed by atoms with Crippen LogP contribution in [0.15, 0.2) is 24.3 Å². The van der Waals surface area contributed by atoms with Crippen molar-refractivity contribution in [3.8, 4) is 5.75 Å². The van der Waals surface area contributed by atoms with Gasteiger partial charge in [0.15, 0.2) is 0 Å². The average Bonchev–Trinajstić information content (AvgIpc) is 2.29. The van der Waals surface area contributed by atoms with Crippen molar-refractivity contribution in [2.45, 2.75) is 12.5 Å². The second-order valence-electron chi connectivity index (χ2n) is 3.43. The number of rotatable bonds is 2. The van der Waals surface area contributed by atoms with Gasteiger partial charge >= 0.3 is 5.97 Å². The third-order valence-corrected chi connectivity index (χ3v) is 2.33. The summed E-state index contributed by atoms with van der Waals surface area (Å²) in [7, 11) is 1.39. The molecule has 0 radical (unpaired) electrons. The van der Waals surface area contributed by atoms with Crippen LogP contribution in [-0.2, 0) is 26.6 Å². The number of hydrogen-bond donors (Lipinski definition) is 1. The summed E-state index contributed by atoms with van der Waals surface area (Å²) in [6.07, 6.45) is 0.324. The van der Waals surface area contributed by atoms with Crippen LogP contribution in [0.3, 0.4) is 0 Å². The van der Waals surface area contributed by atoms with Crippen LogP contribution in [0.4, 0.5) is 5.69 Å². The molecule has 0 saturated carbocycles. The SMILES string of the molecule is COC(=O)CC1COc2ccccc2N1.[Fe]. The maximum Gasteiger partial charge on any atom is 0.307 e. The number of benzene rings is 1. The number of hydrogen-bond acceptors (Lipinski definition) is 4. The molecule has 0 spiro atoms. The maximum absolute atomic E-state index is 11.1. The summed E-state index contributed by atoms with van der Waals surface area (Å²) in [5, 5.41) is 3.24. The van der Waals surface area contributed by atoms with Gasteiger partial charge in [-0.2, -0.15) is 0 Å². The number of para-hydroxylation sites is 2. The summed E-state index contributed by atoms with van der Waals surface area (Å²) < 4.78 is 10.1. The summed E-state index contributed by atoms with van der Waals surface area (Å²) in [6, 6.07) is 7.67. The molecule has 4 nitrogen and oxygen atoms in total. The van der Waals surface area contributed by atoms with Gasteiger partial charge in [0, 0.05) is 17.1 Å². The molecule has 1 N–H and O–H groups in total. The Balaban J connectivity index is 0.00000128. The molecule has 1 atom stereocenters. The zero-order valence-corrected chi connectivity index (χ0v) is 9.98. The van der Waals surface area contributed by atoms with Gasteiger partial charge in [-0.1, -0.05) is 12.1 Å². The van der Waals surface area contributed by atoms with Crippen molar-refractivity contribution in [3.63, 3.8) is 0 Å². The monoisotopic (exact) mass is 263 g/mol. The molecule has 0 amide bonds. The van der Waals surface area contributed by atoms with Crippen LogP contribution in [0.1, 0.15) is 6.42 Å². The van der Waals surface area contributed by atoms with Gasteiger partial charge in [0.25, 0.3) is 0 Å². The predicted octanol–water partition coefficient (Wildman–Crippen LogP) is 1.42. The summed E-state index contributed by atoms with van der Waals surface area (Å²) in [4.78, 5) is 11.1. The van der Waals surface area contributed by atoms with E-state index in [1.54, 1.807) is 0 Å². The van der Waals surface area contributed by atoms with Crippen molar-refractivity contribution in [1.82, 2.24) is 0 Å². The van der Waals surface area contributed by atoms with Crippen LogP contribution in [0.25, 0.3) is 0 Å². The maximum atomic E-state index is 11.1. The summed E-state index contributed by atoms with van der Waals surface area (Å²) in [6.45, 7) is 0.492. The molecule has 88 valence electrons. The number of anilines is 1. The van der Waals surface area contributed by atoms with Crippen molar-refractivity contribution in [3.05, 3.63) is 24.3 Å². The second kappa shape index (κ2) is 5.77. The minimum atomic E-state index is -0.226. The Hall–Kier alpha value is -1.19. The van der Waals surface area contributed by atoms with Gasteiger partial charge < -0.3 is 14.8 Å². The Morgan fingerprint density at radius 1 is 1.56 bits per heavy atom. The molecule has 1 aliphatic heterocycles. The van der Waals surface area contributed by atoms with Crippen LogP contribution in [0.2, 0.25) is 0 Å². The third kappa shape index (κ3) is 2.90. The number of carbonyl (C=O) groups excluding carboxylic acids is 1. The van der Waals surface area contributed by atoms with Crippen LogP contribution in [0, 0.1) is 0 Å². The normalized spacial score (nSPS) is 17.2. The van der Waals surface area contributed by atoms with Crippen molar-refractivity contribution in [1.29, 1.82) is 0 Å². The van der Waals surface area contributed by atoms with Gasteiger partial charge in [-0.25, -0.2) is 0 Å². The van der Waals surface area contributed by atoms with E-state index < -0.39 is 0 Å². The second-order valence-corrected chi connectivity index (χ2v) is 3.43. The zero-order chi connectivity index (χ0) is 10.7. The molecule has 0 aliphatic carbocycles. The van der Waals surface area contributed by atoms with Crippen LogP contribution in [-0.4, -0.2) is 25.7 Å². The molecule has 1 aromatic carbocycles. The number of methoxy groups -OCH3 is 1. The molecule has 1 aromatic rings. The van der Waals surface area contributed by atoms with Gasteiger partial charge in [0.05, 0.1) is 25.3 Å². The summed E-state index contributed by atoms with van der Waals surface area (Å²) >= 11 is 0. The number of nitrogens with one attached hydrogen (secondary N) is 1. The van der Waals surface area contributed by atoms with E-state index in [9.17, 15) is 4.79 Å². The molecular weight excluding hydrogens is 250 g/mol. The van der Waals surface area contributed by atoms with E-state index in [0.29, 0.717) is 13.0 Å². The first-order chi connectivity index (χ1) is 7.29. The molecule has 16 heavy (non-hydrogen) atoms. The van der Waals surface area contributed by atoms with Crippen molar-refractivity contribution in [2.24, 2.45) is 0 Å². The fourth-order valence-electron chi connectivity index (χ4n) is 1.56. The molecule has 5 heteroatoms. The summed E-state index contributed by atoms with van der Waals surface area (Å²) in [5.74, 6) is 0.606. The predicted molar refractivity (Wildman–Crippen MR) is 56.0 cm³/mol. The van der Waals surface area contributed by atoms with E-state index >= 15 is 0 Å². The van der Waals surface area contributed by atoms with Crippen molar-refractivity contribution < 1.29 is 31.3 Å². The topological polar surface area (TPSA) is 47.6 Å². The van der Waals surface area contributed by atoms with Crippen LogP contribution >= 0.6 is 0 Å². The van der Waals surface area contributed by atoms with Crippen molar-refractivity contribution in [2.75, 3.05) is 19.0 Å². The Bertz CT molecular complexity index is 370. The molecule has 0 bridgehead atoms. The van der Waals surface area contributed by atoms with E-state index in [0.717, 1.165) is 11.4 Å². The minimum absolute atomic E-state index is 0. The standard InChI is InChI=1S/C11H13NO3.Fe/c1-14-11(13)6-8-7-15-10-5-3-2-4-9(10)12-8;/h2-5,8,12H,6-7H2,1H3;. The Kier molecular flexibility index (Phi) is 4.65. The van der Waals surface area contributed by atoms with Crippen molar-refractivity contribution >= 4 is 11.7 Å². The fourth-order valence-corrected chi connectivity index (χ4v) is 1.56. The van der Waals surface area contributed by atoms with Gasteiger partial charge in [0.2, 0.25) is 0 Å². The molecular formula is C11H13FeNO3. The number of esters is 1. The first-order valence-electron chi connectivity index (χ1n) is 4.85. The largest absolute Gasteiger partial charge is 0.489 e. The quantitative estimate of drug-likeness (QED) is 0.647.